The van der Waals surface area contributed by atoms with Crippen molar-refractivity contribution in [2.24, 2.45) is 4.99 Å². The van der Waals surface area contributed by atoms with Crippen LogP contribution in [0.1, 0.15) is 0 Å². The van der Waals surface area contributed by atoms with Crippen LogP contribution in [-0.4, -0.2) is 66.9 Å². The first-order chi connectivity index (χ1) is 13.3. The van der Waals surface area contributed by atoms with Crippen LogP contribution >= 0.6 is 22.6 Å². The smallest absolute Gasteiger partial charge is 0.225 e. The standard InChI is InChI=1S/C18H20FIN4O4/c1-23-5-4-15(22-16-3-2-12(20)8-14(16)19)13-9-24(10-17(26)27,28-7-6-25)11-21-18(13)23/h2-4,8,11,22,25H,5-7,9-10H2,1H3. The number of nitrogens with zero attached hydrogens (tertiary/aromatic N) is 3. The highest BCUT2D eigenvalue weighted by Crippen LogP contribution is 2.31. The molecule has 2 aliphatic rings. The van der Waals surface area contributed by atoms with Crippen LogP contribution in [-0.2, 0) is 9.63 Å². The van der Waals surface area contributed by atoms with Gasteiger partial charge in [0.15, 0.2) is 6.54 Å². The number of halogens is 2. The summed E-state index contributed by atoms with van der Waals surface area (Å²) in [6.45, 7) is -0.0862. The fraction of sp³-hybridized carbons (Fsp3) is 0.333. The number of nitrogens with one attached hydrogen (secondary N) is 1. The number of anilines is 1. The number of carboxylic acid groups (broad SMARTS) is 1. The predicted molar refractivity (Wildman–Crippen MR) is 107 cm³/mol. The maximum atomic E-state index is 14.3. The van der Waals surface area contributed by atoms with Crippen LogP contribution in [0.4, 0.5) is 10.1 Å². The molecule has 8 nitrogen and oxygen atoms in total. The van der Waals surface area contributed by atoms with Crippen molar-refractivity contribution in [1.82, 2.24) is 4.90 Å². The Morgan fingerprint density at radius 1 is 1.54 bits per heavy atom. The molecule has 0 aliphatic carbocycles. The summed E-state index contributed by atoms with van der Waals surface area (Å²) in [5.41, 5.74) is 1.64. The molecule has 0 aromatic heterocycles. The zero-order valence-corrected chi connectivity index (χ0v) is 17.3. The van der Waals surface area contributed by atoms with Crippen LogP contribution < -0.4 is 10.4 Å². The Bertz CT molecular complexity index is 873. The van der Waals surface area contributed by atoms with Gasteiger partial charge in [-0.15, -0.1) is 4.65 Å². The molecule has 0 bridgehead atoms. The van der Waals surface area contributed by atoms with Gasteiger partial charge in [-0.3, -0.25) is 0 Å². The number of carboxylic acids is 1. The van der Waals surface area contributed by atoms with E-state index in [-0.39, 0.29) is 25.6 Å². The zero-order chi connectivity index (χ0) is 20.3. The van der Waals surface area contributed by atoms with Gasteiger partial charge in [-0.2, -0.15) is 9.83 Å². The van der Waals surface area contributed by atoms with E-state index in [2.05, 4.69) is 10.3 Å². The number of aliphatic imine (C=N–C) groups is 1. The van der Waals surface area contributed by atoms with Crippen LogP contribution in [0.15, 0.2) is 46.4 Å². The van der Waals surface area contributed by atoms with Gasteiger partial charge in [0.05, 0.1) is 23.8 Å². The quantitative estimate of drug-likeness (QED) is 0.415. The highest BCUT2D eigenvalue weighted by molar-refractivity contribution is 14.1. The molecule has 1 atom stereocenters. The molecule has 0 spiro atoms. The van der Waals surface area contributed by atoms with Crippen LogP contribution in [0.5, 0.6) is 0 Å². The van der Waals surface area contributed by atoms with Crippen molar-refractivity contribution >= 4 is 40.6 Å². The predicted octanol–water partition coefficient (Wildman–Crippen LogP) is 0.416. The normalized spacial score (nSPS) is 21.4. The number of aliphatic hydroxyl groups is 1. The van der Waals surface area contributed by atoms with Gasteiger partial charge in [-0.1, -0.05) is 0 Å². The average molecular weight is 502 g/mol. The minimum Gasteiger partial charge on any atom is -0.544 e. The molecule has 0 radical (unpaired) electrons. The summed E-state index contributed by atoms with van der Waals surface area (Å²) in [6.07, 6.45) is 3.28. The third kappa shape index (κ3) is 4.51. The molecule has 0 saturated heterocycles. The van der Waals surface area contributed by atoms with Crippen LogP contribution in [0.2, 0.25) is 0 Å². The molecule has 2 heterocycles. The van der Waals surface area contributed by atoms with Crippen molar-refractivity contribution < 1.29 is 28.9 Å². The number of carbonyl (C=O) groups excluding carboxylic acids is 1. The maximum Gasteiger partial charge on any atom is 0.225 e. The molecule has 0 fully saturated rings. The number of quaternary nitrogens is 1. The second kappa shape index (κ2) is 8.55. The van der Waals surface area contributed by atoms with Crippen molar-refractivity contribution in [3.8, 4) is 0 Å². The van der Waals surface area contributed by atoms with Gasteiger partial charge in [0.1, 0.15) is 24.8 Å². The van der Waals surface area contributed by atoms with E-state index in [1.165, 1.54) is 12.4 Å². The lowest BCUT2D eigenvalue weighted by Gasteiger charge is -2.38. The van der Waals surface area contributed by atoms with E-state index in [4.69, 9.17) is 9.94 Å². The van der Waals surface area contributed by atoms with Crippen molar-refractivity contribution in [2.45, 2.75) is 0 Å². The number of hydrogen-bond donors (Lipinski definition) is 2. The lowest BCUT2D eigenvalue weighted by Crippen LogP contribution is -2.56. The average Bonchev–Trinajstić information content (AvgIpc) is 2.64. The Morgan fingerprint density at radius 3 is 3.00 bits per heavy atom. The number of aliphatic carboxylic acids is 1. The first kappa shape index (κ1) is 20.7. The fourth-order valence-corrected chi connectivity index (χ4v) is 3.57. The number of rotatable bonds is 7. The third-order valence-corrected chi connectivity index (χ3v) is 5.05. The molecular weight excluding hydrogens is 482 g/mol. The van der Waals surface area contributed by atoms with Crippen LogP contribution in [0.3, 0.4) is 0 Å². The highest BCUT2D eigenvalue weighted by atomic mass is 127. The number of benzene rings is 1. The van der Waals surface area contributed by atoms with Crippen molar-refractivity contribution in [1.29, 1.82) is 0 Å². The van der Waals surface area contributed by atoms with Gasteiger partial charge in [0, 0.05) is 22.9 Å². The summed E-state index contributed by atoms with van der Waals surface area (Å²) < 4.78 is 14.6. The summed E-state index contributed by atoms with van der Waals surface area (Å²) in [7, 11) is 1.86. The van der Waals surface area contributed by atoms with Crippen molar-refractivity contribution in [2.75, 3.05) is 45.2 Å². The summed E-state index contributed by atoms with van der Waals surface area (Å²) >= 11 is 2.04. The molecule has 2 aliphatic heterocycles. The highest BCUT2D eigenvalue weighted by Gasteiger charge is 2.38. The lowest BCUT2D eigenvalue weighted by atomic mass is 10.1. The second-order valence-electron chi connectivity index (χ2n) is 6.49. The molecule has 3 rings (SSSR count). The molecule has 1 aromatic rings. The largest absolute Gasteiger partial charge is 0.544 e. The fourth-order valence-electron chi connectivity index (χ4n) is 3.11. The van der Waals surface area contributed by atoms with Gasteiger partial charge in [-0.25, -0.2) is 4.39 Å². The summed E-state index contributed by atoms with van der Waals surface area (Å²) in [4.78, 5) is 23.2. The number of carbonyl (C=O) groups is 1. The molecule has 10 heteroatoms. The Labute approximate surface area is 175 Å². The minimum atomic E-state index is -1.31. The molecule has 0 saturated carbocycles. The summed E-state index contributed by atoms with van der Waals surface area (Å²) in [5.74, 6) is -1.05. The molecule has 1 unspecified atom stereocenters. The minimum absolute atomic E-state index is 0.0595. The van der Waals surface area contributed by atoms with Crippen molar-refractivity contribution in [3.63, 3.8) is 0 Å². The molecule has 0 amide bonds. The lowest BCUT2D eigenvalue weighted by molar-refractivity contribution is -1.02. The molecular formula is C18H20FIN4O4. The monoisotopic (exact) mass is 502 g/mol. The van der Waals surface area contributed by atoms with Gasteiger partial charge >= 0.3 is 0 Å². The van der Waals surface area contributed by atoms with Gasteiger partial charge < -0.3 is 25.2 Å². The number of aliphatic hydroxyl groups excluding tert-OH is 1. The zero-order valence-electron chi connectivity index (χ0n) is 15.2. The van der Waals surface area contributed by atoms with E-state index in [0.717, 1.165) is 3.57 Å². The summed E-state index contributed by atoms with van der Waals surface area (Å²) in [6, 6.07) is 4.86. The Balaban J connectivity index is 1.92. The van der Waals surface area contributed by atoms with Gasteiger partial charge in [0.25, 0.3) is 0 Å². The van der Waals surface area contributed by atoms with Crippen LogP contribution in [0, 0.1) is 9.39 Å². The number of likely N-dealkylation sites (N-methyl/N-ethyl adjacent to an activating group) is 1. The second-order valence-corrected chi connectivity index (χ2v) is 7.74. The van der Waals surface area contributed by atoms with E-state index in [9.17, 15) is 14.3 Å². The van der Waals surface area contributed by atoms with E-state index in [0.29, 0.717) is 29.3 Å². The summed E-state index contributed by atoms with van der Waals surface area (Å²) in [5, 5.41) is 23.5. The van der Waals surface area contributed by atoms with E-state index >= 15 is 0 Å². The van der Waals surface area contributed by atoms with E-state index < -0.39 is 17.2 Å². The first-order valence-electron chi connectivity index (χ1n) is 8.58. The van der Waals surface area contributed by atoms with Gasteiger partial charge in [0.2, 0.25) is 6.34 Å². The topological polar surface area (TPSA) is 97.2 Å². The molecule has 150 valence electrons. The van der Waals surface area contributed by atoms with Gasteiger partial charge in [-0.05, 0) is 46.9 Å². The number of hydroxylamine groups is 3. The molecule has 1 aromatic carbocycles. The maximum absolute atomic E-state index is 14.3. The Hall–Kier alpha value is -2.02. The van der Waals surface area contributed by atoms with Crippen LogP contribution in [0.25, 0.3) is 0 Å². The number of hydrogen-bond acceptors (Lipinski definition) is 7. The Kier molecular flexibility index (Phi) is 6.33. The van der Waals surface area contributed by atoms with E-state index in [1.807, 2.05) is 40.6 Å². The molecule has 28 heavy (non-hydrogen) atoms. The van der Waals surface area contributed by atoms with E-state index in [1.54, 1.807) is 12.1 Å². The first-order valence-corrected chi connectivity index (χ1v) is 9.65. The SMILES string of the molecule is CN1CC=C(Nc2ccc(I)cc2F)C2=C1N=C[N+](CC(=O)[O-])(OCCO)C2. The Morgan fingerprint density at radius 2 is 2.32 bits per heavy atom. The third-order valence-electron chi connectivity index (χ3n) is 4.38. The van der Waals surface area contributed by atoms with Crippen molar-refractivity contribution in [3.05, 3.63) is 50.8 Å². The molecule has 2 N–H and O–H groups in total.